The van der Waals surface area contributed by atoms with Crippen LogP contribution in [0, 0.1) is 5.41 Å². The van der Waals surface area contributed by atoms with Gasteiger partial charge < -0.3 is 34.9 Å². The Morgan fingerprint density at radius 2 is 1.96 bits per heavy atom. The van der Waals surface area contributed by atoms with Gasteiger partial charge in [-0.05, 0) is 20.8 Å². The molecule has 0 radical (unpaired) electrons. The second kappa shape index (κ2) is 14.1. The lowest BCUT2D eigenvalue weighted by Gasteiger charge is -2.28. The van der Waals surface area contributed by atoms with Crippen molar-refractivity contribution in [1.82, 2.24) is 29.1 Å². The average Bonchev–Trinajstić information content (AvgIpc) is 3.70. The molecule has 21 heteroatoms. The van der Waals surface area contributed by atoms with Crippen LogP contribution in [0.5, 0.6) is 0 Å². The Labute approximate surface area is 271 Å². The normalized spacial score (nSPS) is 27.7. The molecule has 0 bridgehead atoms. The van der Waals surface area contributed by atoms with E-state index in [0.717, 1.165) is 10.6 Å². The predicted molar refractivity (Wildman–Crippen MR) is 164 cm³/mol. The van der Waals surface area contributed by atoms with Crippen molar-refractivity contribution in [3.05, 3.63) is 45.8 Å². The number of methoxy groups -OCH3 is 1. The van der Waals surface area contributed by atoms with Gasteiger partial charge in [0.1, 0.15) is 48.4 Å². The standard InChI is InChI=1S/C26H36N7O12PS/c1-26(2,3)24(37)41-12-47-46(39,45-19-14(8-34)44-23(20(19)40-4)32-6-5-16(36)31-25(32)38)42-9-15-13(35)7-17(43-15)33-11-30-18-21(27)28-10-29-22(18)33/h5-6,10-11,13-15,17,19-20,23,34-35H,7-9,12H2,1-4H3,(H2,27,28,29)(H,31,36,38)/t13-,14-,15-,17-,19+,20?,23-,46?/m1/s1. The molecule has 8 atom stereocenters. The summed E-state index contributed by atoms with van der Waals surface area (Å²) < 4.78 is 51.4. The summed E-state index contributed by atoms with van der Waals surface area (Å²) in [6, 6.07) is 1.10. The molecule has 0 spiro atoms. The van der Waals surface area contributed by atoms with Gasteiger partial charge in [0, 0.05) is 37.2 Å². The summed E-state index contributed by atoms with van der Waals surface area (Å²) in [4.78, 5) is 51.0. The zero-order chi connectivity index (χ0) is 34.1. The Bertz CT molecular complexity index is 1740. The van der Waals surface area contributed by atoms with Gasteiger partial charge in [0.25, 0.3) is 5.56 Å². The lowest BCUT2D eigenvalue weighted by molar-refractivity contribution is -0.150. The minimum Gasteiger partial charge on any atom is -0.454 e. The van der Waals surface area contributed by atoms with Gasteiger partial charge in [-0.1, -0.05) is 0 Å². The Balaban J connectivity index is 1.35. The summed E-state index contributed by atoms with van der Waals surface area (Å²) in [5.74, 6) is -0.839. The van der Waals surface area contributed by atoms with Gasteiger partial charge in [-0.3, -0.25) is 32.8 Å². The number of aromatic nitrogens is 6. The summed E-state index contributed by atoms with van der Waals surface area (Å²) >= 11 is 0.545. The number of nitrogens with zero attached hydrogens (tertiary/aromatic N) is 5. The maximum absolute atomic E-state index is 14.3. The summed E-state index contributed by atoms with van der Waals surface area (Å²) in [5.41, 5.74) is 4.33. The molecular weight excluding hydrogens is 665 g/mol. The van der Waals surface area contributed by atoms with E-state index in [0.29, 0.717) is 22.5 Å². The van der Waals surface area contributed by atoms with Crippen LogP contribution in [-0.2, 0) is 37.4 Å². The van der Waals surface area contributed by atoms with Crippen LogP contribution >= 0.6 is 18.2 Å². The van der Waals surface area contributed by atoms with Crippen molar-refractivity contribution < 1.29 is 47.6 Å². The van der Waals surface area contributed by atoms with E-state index in [9.17, 15) is 29.2 Å². The Hall–Kier alpha value is -3.20. The van der Waals surface area contributed by atoms with Crippen molar-refractivity contribution in [2.45, 2.75) is 70.2 Å². The Kier molecular flexibility index (Phi) is 10.5. The highest BCUT2D eigenvalue weighted by Crippen LogP contribution is 2.63. The number of carbonyl (C=O) groups is 1. The number of aromatic amines is 1. The second-order valence-electron chi connectivity index (χ2n) is 11.7. The minimum absolute atomic E-state index is 0.106. The van der Waals surface area contributed by atoms with E-state index < -0.39 is 91.6 Å². The highest BCUT2D eigenvalue weighted by Gasteiger charge is 2.51. The van der Waals surface area contributed by atoms with E-state index in [2.05, 4.69) is 19.9 Å². The first-order valence-electron chi connectivity index (χ1n) is 14.4. The number of ether oxygens (including phenoxy) is 4. The molecule has 5 N–H and O–H groups in total. The van der Waals surface area contributed by atoms with Gasteiger partial charge in [-0.15, -0.1) is 0 Å². The van der Waals surface area contributed by atoms with Gasteiger partial charge in [-0.2, -0.15) is 0 Å². The van der Waals surface area contributed by atoms with E-state index >= 15 is 0 Å². The molecule has 5 rings (SSSR count). The van der Waals surface area contributed by atoms with Gasteiger partial charge >= 0.3 is 18.5 Å². The second-order valence-corrected chi connectivity index (χ2v) is 15.7. The molecule has 3 aromatic heterocycles. The van der Waals surface area contributed by atoms with Crippen molar-refractivity contribution >= 4 is 41.1 Å². The smallest absolute Gasteiger partial charge is 0.392 e. The molecule has 47 heavy (non-hydrogen) atoms. The molecule has 5 heterocycles. The molecule has 258 valence electrons. The quantitative estimate of drug-likeness (QED) is 0.112. The number of fused-ring (bicyclic) bond motifs is 1. The van der Waals surface area contributed by atoms with Crippen LogP contribution in [0.15, 0.2) is 34.5 Å². The van der Waals surface area contributed by atoms with Gasteiger partial charge in [0.2, 0.25) is 0 Å². The maximum atomic E-state index is 14.3. The predicted octanol–water partition coefficient (Wildman–Crippen LogP) is 0.302. The summed E-state index contributed by atoms with van der Waals surface area (Å²) in [7, 11) is 1.29. The molecule has 2 saturated heterocycles. The lowest BCUT2D eigenvalue weighted by atomic mass is 9.98. The Morgan fingerprint density at radius 1 is 1.19 bits per heavy atom. The highest BCUT2D eigenvalue weighted by atomic mass is 32.7. The molecule has 2 aliphatic heterocycles. The number of carbonyl (C=O) groups excluding carboxylic acids is 1. The number of nitrogen functional groups attached to an aromatic ring is 1. The number of H-pyrrole nitrogens is 1. The monoisotopic (exact) mass is 701 g/mol. The molecule has 0 aromatic carbocycles. The van der Waals surface area contributed by atoms with Crippen LogP contribution in [0.25, 0.3) is 11.2 Å². The topological polar surface area (TPSA) is 254 Å². The third-order valence-electron chi connectivity index (χ3n) is 7.43. The number of nitrogens with one attached hydrogen (secondary N) is 1. The van der Waals surface area contributed by atoms with Crippen molar-refractivity contribution in [2.75, 3.05) is 32.0 Å². The molecule has 3 aromatic rings. The number of rotatable bonds is 12. The molecule has 2 unspecified atom stereocenters. The van der Waals surface area contributed by atoms with Gasteiger partial charge in [0.15, 0.2) is 17.7 Å². The fourth-order valence-electron chi connectivity index (χ4n) is 4.97. The van der Waals surface area contributed by atoms with E-state index in [4.69, 9.17) is 33.7 Å². The van der Waals surface area contributed by atoms with Crippen LogP contribution in [0.2, 0.25) is 0 Å². The molecule has 19 nitrogen and oxygen atoms in total. The van der Waals surface area contributed by atoms with Crippen LogP contribution in [0.3, 0.4) is 0 Å². The van der Waals surface area contributed by atoms with Crippen LogP contribution in [0.1, 0.15) is 39.6 Å². The third kappa shape index (κ3) is 7.60. The number of aliphatic hydroxyl groups excluding tert-OH is 2. The van der Waals surface area contributed by atoms with E-state index in [1.54, 1.807) is 25.3 Å². The fourth-order valence-corrected chi connectivity index (χ4v) is 7.77. The zero-order valence-corrected chi connectivity index (χ0v) is 27.5. The van der Waals surface area contributed by atoms with Gasteiger partial charge in [0.05, 0.1) is 31.1 Å². The van der Waals surface area contributed by atoms with E-state index in [1.165, 1.54) is 26.0 Å². The first kappa shape index (κ1) is 35.1. The van der Waals surface area contributed by atoms with Crippen LogP contribution in [0.4, 0.5) is 5.82 Å². The molecule has 0 saturated carbocycles. The van der Waals surface area contributed by atoms with Crippen molar-refractivity contribution in [3.8, 4) is 0 Å². The summed E-state index contributed by atoms with van der Waals surface area (Å²) in [6.45, 7) is -0.471. The third-order valence-corrected chi connectivity index (χ3v) is 10.8. The molecule has 2 aliphatic rings. The number of imidazole rings is 1. The first-order valence-corrected chi connectivity index (χ1v) is 17.5. The van der Waals surface area contributed by atoms with Crippen LogP contribution in [-0.4, -0.2) is 102 Å². The van der Waals surface area contributed by atoms with Gasteiger partial charge in [-0.25, -0.2) is 24.3 Å². The number of aliphatic hydroxyl groups is 2. The van der Waals surface area contributed by atoms with Crippen molar-refractivity contribution in [3.63, 3.8) is 0 Å². The minimum atomic E-state index is -4.34. The Morgan fingerprint density at radius 3 is 2.64 bits per heavy atom. The number of hydrogen-bond acceptors (Lipinski definition) is 17. The largest absolute Gasteiger partial charge is 0.454 e. The number of esters is 1. The maximum Gasteiger partial charge on any atom is 0.392 e. The number of anilines is 1. The molecule has 2 fully saturated rings. The molecule has 0 aliphatic carbocycles. The number of nitrogens with two attached hydrogens (primary N) is 1. The molecule has 0 amide bonds. The highest BCUT2D eigenvalue weighted by molar-refractivity contribution is 8.55. The van der Waals surface area contributed by atoms with Crippen molar-refractivity contribution in [2.24, 2.45) is 5.41 Å². The fraction of sp³-hybridized carbons (Fsp3) is 0.615. The number of hydrogen-bond donors (Lipinski definition) is 4. The lowest BCUT2D eigenvalue weighted by Crippen LogP contribution is -2.39. The SMILES string of the molecule is COC1[C@@H](OP(=O)(OC[C@H]2O[C@@H](n3cnc4c(N)ncnc43)C[C@H]2O)SCOC(=O)C(C)(C)C)[C@@H](CO)O[C@H]1n1ccc(=O)[nH]c1=O. The average molecular weight is 702 g/mol. The summed E-state index contributed by atoms with van der Waals surface area (Å²) in [5, 5.41) is 21.0. The zero-order valence-electron chi connectivity index (χ0n) is 25.8. The van der Waals surface area contributed by atoms with E-state index in [1.807, 2.05) is 0 Å². The molecular formula is C26H36N7O12PS. The van der Waals surface area contributed by atoms with Crippen molar-refractivity contribution in [1.29, 1.82) is 0 Å². The summed E-state index contributed by atoms with van der Waals surface area (Å²) in [6.07, 6.45) is -3.56. The first-order chi connectivity index (χ1) is 22.2. The van der Waals surface area contributed by atoms with Crippen LogP contribution < -0.4 is 17.0 Å². The van der Waals surface area contributed by atoms with E-state index in [-0.39, 0.29) is 12.2 Å².